The van der Waals surface area contributed by atoms with Crippen molar-refractivity contribution in [1.29, 1.82) is 0 Å². The molecule has 0 fully saturated rings. The Morgan fingerprint density at radius 1 is 1.37 bits per heavy atom. The fourth-order valence-electron chi connectivity index (χ4n) is 1.54. The molecule has 0 amide bonds. The molecular weight excluding hydrogens is 246 g/mol. The van der Waals surface area contributed by atoms with Gasteiger partial charge in [0.05, 0.1) is 30.4 Å². The summed E-state index contributed by atoms with van der Waals surface area (Å²) < 4.78 is 6.26. The van der Waals surface area contributed by atoms with Crippen LogP contribution in [0.2, 0.25) is 0 Å². The highest BCUT2D eigenvalue weighted by Gasteiger charge is 2.17. The number of carbonyl (C=O) groups is 1. The number of ether oxygens (including phenoxy) is 1. The number of hydrogen-bond donors (Lipinski definition) is 1. The van der Waals surface area contributed by atoms with Gasteiger partial charge >= 0.3 is 5.97 Å². The van der Waals surface area contributed by atoms with Crippen LogP contribution in [-0.2, 0) is 4.74 Å². The van der Waals surface area contributed by atoms with Crippen LogP contribution in [0.5, 0.6) is 0 Å². The average molecular weight is 261 g/mol. The second-order valence-electron chi connectivity index (χ2n) is 3.97. The standard InChI is InChI=1S/C12H15N5O2/c1-4-19-12(18)9-5-15-17(11(9)13)10-6-14-7(2)8(3)16-10/h5-6H,4,13H2,1-3H3. The van der Waals surface area contributed by atoms with E-state index in [9.17, 15) is 4.79 Å². The summed E-state index contributed by atoms with van der Waals surface area (Å²) in [5.74, 6) is 0.162. The van der Waals surface area contributed by atoms with Crippen molar-refractivity contribution < 1.29 is 9.53 Å². The molecule has 0 aliphatic heterocycles. The Morgan fingerprint density at radius 2 is 2.11 bits per heavy atom. The Kier molecular flexibility index (Phi) is 3.46. The zero-order valence-corrected chi connectivity index (χ0v) is 11.0. The number of nitrogen functional groups attached to an aromatic ring is 1. The van der Waals surface area contributed by atoms with Gasteiger partial charge in [-0.3, -0.25) is 4.98 Å². The predicted molar refractivity (Wildman–Crippen MR) is 69.0 cm³/mol. The summed E-state index contributed by atoms with van der Waals surface area (Å²) in [5, 5.41) is 4.05. The number of anilines is 1. The lowest BCUT2D eigenvalue weighted by Crippen LogP contribution is -2.10. The van der Waals surface area contributed by atoms with Gasteiger partial charge in [0.2, 0.25) is 0 Å². The molecule has 2 aromatic rings. The molecule has 7 heteroatoms. The quantitative estimate of drug-likeness (QED) is 0.829. The Labute approximate surface area is 110 Å². The van der Waals surface area contributed by atoms with Crippen LogP contribution in [0.25, 0.3) is 5.82 Å². The van der Waals surface area contributed by atoms with Gasteiger partial charge in [-0.15, -0.1) is 0 Å². The largest absolute Gasteiger partial charge is 0.462 e. The normalized spacial score (nSPS) is 10.5. The number of esters is 1. The van der Waals surface area contributed by atoms with Crippen molar-refractivity contribution in [2.75, 3.05) is 12.3 Å². The topological polar surface area (TPSA) is 95.9 Å². The fourth-order valence-corrected chi connectivity index (χ4v) is 1.54. The second-order valence-corrected chi connectivity index (χ2v) is 3.97. The number of carbonyl (C=O) groups excluding carboxylic acids is 1. The van der Waals surface area contributed by atoms with Gasteiger partial charge in [0.15, 0.2) is 5.82 Å². The Hall–Kier alpha value is -2.44. The summed E-state index contributed by atoms with van der Waals surface area (Å²) in [6.07, 6.45) is 2.92. The van der Waals surface area contributed by atoms with Crippen LogP contribution in [0.3, 0.4) is 0 Å². The van der Waals surface area contributed by atoms with Crippen molar-refractivity contribution in [3.8, 4) is 5.82 Å². The summed E-state index contributed by atoms with van der Waals surface area (Å²) >= 11 is 0. The highest BCUT2D eigenvalue weighted by atomic mass is 16.5. The van der Waals surface area contributed by atoms with Gasteiger partial charge in [-0.1, -0.05) is 0 Å². The van der Waals surface area contributed by atoms with Crippen LogP contribution in [0.4, 0.5) is 5.82 Å². The minimum atomic E-state index is -0.497. The Morgan fingerprint density at radius 3 is 2.74 bits per heavy atom. The van der Waals surface area contributed by atoms with E-state index < -0.39 is 5.97 Å². The smallest absolute Gasteiger partial charge is 0.343 e. The first-order chi connectivity index (χ1) is 9.04. The summed E-state index contributed by atoms with van der Waals surface area (Å²) in [4.78, 5) is 20.2. The van der Waals surface area contributed by atoms with Gasteiger partial charge in [0.25, 0.3) is 0 Å². The third kappa shape index (κ3) is 2.40. The first-order valence-electron chi connectivity index (χ1n) is 5.85. The van der Waals surface area contributed by atoms with E-state index >= 15 is 0 Å². The molecule has 0 aliphatic rings. The molecule has 2 aromatic heterocycles. The van der Waals surface area contributed by atoms with Crippen LogP contribution in [0.15, 0.2) is 12.4 Å². The van der Waals surface area contributed by atoms with E-state index in [-0.39, 0.29) is 18.0 Å². The maximum absolute atomic E-state index is 11.6. The number of nitrogens with two attached hydrogens (primary N) is 1. The number of aromatic nitrogens is 4. The van der Waals surface area contributed by atoms with Gasteiger partial charge in [0, 0.05) is 0 Å². The molecule has 0 aromatic carbocycles. The zero-order chi connectivity index (χ0) is 14.0. The lowest BCUT2D eigenvalue weighted by atomic mass is 10.3. The number of aryl methyl sites for hydroxylation is 2. The summed E-state index contributed by atoms with van der Waals surface area (Å²) in [6.45, 7) is 5.72. The highest BCUT2D eigenvalue weighted by molar-refractivity contribution is 5.94. The molecule has 0 aliphatic carbocycles. The number of nitrogens with zero attached hydrogens (tertiary/aromatic N) is 4. The summed E-state index contributed by atoms with van der Waals surface area (Å²) in [7, 11) is 0. The monoisotopic (exact) mass is 261 g/mol. The third-order valence-electron chi connectivity index (χ3n) is 2.70. The zero-order valence-electron chi connectivity index (χ0n) is 11.0. The van der Waals surface area contributed by atoms with Gasteiger partial charge in [0.1, 0.15) is 11.4 Å². The second kappa shape index (κ2) is 5.05. The van der Waals surface area contributed by atoms with Crippen LogP contribution in [0.1, 0.15) is 28.7 Å². The molecule has 2 N–H and O–H groups in total. The van der Waals surface area contributed by atoms with Gasteiger partial charge in [-0.2, -0.15) is 9.78 Å². The molecule has 19 heavy (non-hydrogen) atoms. The van der Waals surface area contributed by atoms with Crippen molar-refractivity contribution in [3.63, 3.8) is 0 Å². The maximum atomic E-state index is 11.6. The molecular formula is C12H15N5O2. The first kappa shape index (κ1) is 13.0. The third-order valence-corrected chi connectivity index (χ3v) is 2.70. The Bertz CT molecular complexity index is 621. The minimum Gasteiger partial charge on any atom is -0.462 e. The first-order valence-corrected chi connectivity index (χ1v) is 5.85. The van der Waals surface area contributed by atoms with E-state index in [1.54, 1.807) is 13.1 Å². The van der Waals surface area contributed by atoms with Crippen LogP contribution in [-0.4, -0.2) is 32.3 Å². The molecule has 2 rings (SSSR count). The molecule has 2 heterocycles. The molecule has 0 unspecified atom stereocenters. The average Bonchev–Trinajstić information content (AvgIpc) is 2.75. The Balaban J connectivity index is 2.41. The minimum absolute atomic E-state index is 0.191. The van der Waals surface area contributed by atoms with Crippen LogP contribution < -0.4 is 5.73 Å². The van der Waals surface area contributed by atoms with E-state index in [0.717, 1.165) is 11.4 Å². The molecule has 0 saturated heterocycles. The predicted octanol–water partition coefficient (Wildman–Crippen LogP) is 1.04. The SMILES string of the molecule is CCOC(=O)c1cnn(-c2cnc(C)c(C)n2)c1N. The van der Waals surface area contributed by atoms with E-state index in [1.165, 1.54) is 10.9 Å². The fraction of sp³-hybridized carbons (Fsp3) is 0.333. The van der Waals surface area contributed by atoms with E-state index in [2.05, 4.69) is 15.1 Å². The van der Waals surface area contributed by atoms with Crippen LogP contribution in [0, 0.1) is 13.8 Å². The van der Waals surface area contributed by atoms with Crippen molar-refractivity contribution in [3.05, 3.63) is 29.3 Å². The van der Waals surface area contributed by atoms with Gasteiger partial charge in [-0.05, 0) is 20.8 Å². The number of rotatable bonds is 3. The lowest BCUT2D eigenvalue weighted by Gasteiger charge is -2.06. The van der Waals surface area contributed by atoms with Crippen molar-refractivity contribution in [2.24, 2.45) is 0 Å². The molecule has 100 valence electrons. The van der Waals surface area contributed by atoms with Crippen LogP contribution >= 0.6 is 0 Å². The maximum Gasteiger partial charge on any atom is 0.343 e. The number of hydrogen-bond acceptors (Lipinski definition) is 6. The van der Waals surface area contributed by atoms with E-state index in [4.69, 9.17) is 10.5 Å². The molecule has 0 atom stereocenters. The molecule has 0 spiro atoms. The molecule has 0 bridgehead atoms. The van der Waals surface area contributed by atoms with Crippen molar-refractivity contribution in [1.82, 2.24) is 19.7 Å². The van der Waals surface area contributed by atoms with E-state index in [0.29, 0.717) is 5.82 Å². The van der Waals surface area contributed by atoms with Crippen molar-refractivity contribution >= 4 is 11.8 Å². The summed E-state index contributed by atoms with van der Waals surface area (Å²) in [5.41, 5.74) is 7.73. The summed E-state index contributed by atoms with van der Waals surface area (Å²) in [6, 6.07) is 0. The van der Waals surface area contributed by atoms with Crippen molar-refractivity contribution in [2.45, 2.75) is 20.8 Å². The van der Waals surface area contributed by atoms with Gasteiger partial charge in [-0.25, -0.2) is 9.78 Å². The molecule has 0 saturated carbocycles. The highest BCUT2D eigenvalue weighted by Crippen LogP contribution is 2.16. The lowest BCUT2D eigenvalue weighted by molar-refractivity contribution is 0.0527. The molecule has 7 nitrogen and oxygen atoms in total. The molecule has 0 radical (unpaired) electrons. The van der Waals surface area contributed by atoms with Gasteiger partial charge < -0.3 is 10.5 Å². The van der Waals surface area contributed by atoms with E-state index in [1.807, 2.05) is 13.8 Å².